The number of aromatic nitrogens is 2. The van der Waals surface area contributed by atoms with Crippen LogP contribution in [0.3, 0.4) is 0 Å². The second-order valence-electron chi connectivity index (χ2n) is 6.25. The molecule has 0 saturated carbocycles. The molecule has 5 N–H and O–H groups in total. The van der Waals surface area contributed by atoms with Crippen LogP contribution in [-0.2, 0) is 6.42 Å². The van der Waals surface area contributed by atoms with Gasteiger partial charge in [0.15, 0.2) is 0 Å². The van der Waals surface area contributed by atoms with Crippen molar-refractivity contribution in [1.29, 1.82) is 0 Å². The first-order valence-electron chi connectivity index (χ1n) is 8.50. The van der Waals surface area contributed by atoms with Crippen LogP contribution in [0.5, 0.6) is 0 Å². The largest absolute Gasteiger partial charge is 0.477 e. The van der Waals surface area contributed by atoms with Gasteiger partial charge in [-0.05, 0) is 41.8 Å². The van der Waals surface area contributed by atoms with Crippen LogP contribution in [-0.4, -0.2) is 21.0 Å². The second-order valence-corrected chi connectivity index (χ2v) is 6.25. The van der Waals surface area contributed by atoms with Gasteiger partial charge in [0.05, 0.1) is 5.69 Å². The number of hydrogen-bond donors (Lipinski definition) is 4. The number of carboxylic acid groups (broad SMARTS) is 1. The molecule has 0 radical (unpaired) electrons. The number of carboxylic acids is 1. The number of carbonyl (C=O) groups is 1. The first kappa shape index (κ1) is 16.0. The molecule has 0 fully saturated rings. The number of anilines is 1. The third kappa shape index (κ3) is 2.45. The minimum Gasteiger partial charge on any atom is -0.477 e. The molecule has 0 aliphatic carbocycles. The highest BCUT2D eigenvalue weighted by molar-refractivity contribution is 6.02. The fourth-order valence-corrected chi connectivity index (χ4v) is 3.55. The summed E-state index contributed by atoms with van der Waals surface area (Å²) in [6.45, 7) is 2.04. The molecule has 2 aromatic carbocycles. The van der Waals surface area contributed by atoms with Gasteiger partial charge < -0.3 is 20.8 Å². The summed E-state index contributed by atoms with van der Waals surface area (Å²) in [6.07, 6.45) is 2.60. The standard InChI is InChI=1S/C21H19N3O2/c1-2-14-18(12-6-8-13(22)9-7-12)20(21(25)26)24-19(14)16-4-3-5-17-15(16)10-11-23-17/h3-11,23-24H,2,22H2,1H3,(H,25,26). The minimum atomic E-state index is -0.973. The summed E-state index contributed by atoms with van der Waals surface area (Å²) in [6, 6.07) is 15.3. The highest BCUT2D eigenvalue weighted by Crippen LogP contribution is 2.38. The number of rotatable bonds is 4. The van der Waals surface area contributed by atoms with Gasteiger partial charge in [0.25, 0.3) is 0 Å². The number of aromatic carboxylic acids is 1. The predicted molar refractivity (Wildman–Crippen MR) is 104 cm³/mol. The third-order valence-corrected chi connectivity index (χ3v) is 4.73. The Morgan fingerprint density at radius 2 is 1.88 bits per heavy atom. The van der Waals surface area contributed by atoms with Crippen LogP contribution in [0.1, 0.15) is 23.0 Å². The molecule has 130 valence electrons. The van der Waals surface area contributed by atoms with Gasteiger partial charge in [-0.25, -0.2) is 4.79 Å². The number of fused-ring (bicyclic) bond motifs is 1. The summed E-state index contributed by atoms with van der Waals surface area (Å²) in [4.78, 5) is 18.3. The van der Waals surface area contributed by atoms with Crippen LogP contribution in [0.2, 0.25) is 0 Å². The molecule has 5 heteroatoms. The summed E-state index contributed by atoms with van der Waals surface area (Å²) in [5.41, 5.74) is 12.1. The summed E-state index contributed by atoms with van der Waals surface area (Å²) in [7, 11) is 0. The van der Waals surface area contributed by atoms with Crippen molar-refractivity contribution in [3.8, 4) is 22.4 Å². The van der Waals surface area contributed by atoms with Crippen molar-refractivity contribution >= 4 is 22.6 Å². The number of nitrogen functional groups attached to an aromatic ring is 1. The van der Waals surface area contributed by atoms with Gasteiger partial charge in [-0.2, -0.15) is 0 Å². The van der Waals surface area contributed by atoms with Crippen molar-refractivity contribution in [2.75, 3.05) is 5.73 Å². The fourth-order valence-electron chi connectivity index (χ4n) is 3.55. The quantitative estimate of drug-likeness (QED) is 0.405. The zero-order chi connectivity index (χ0) is 18.3. The van der Waals surface area contributed by atoms with E-state index in [1.807, 2.05) is 49.5 Å². The molecule has 5 nitrogen and oxygen atoms in total. The Morgan fingerprint density at radius 1 is 1.12 bits per heavy atom. The summed E-state index contributed by atoms with van der Waals surface area (Å²) >= 11 is 0. The molecule has 2 heterocycles. The zero-order valence-electron chi connectivity index (χ0n) is 14.3. The molecule has 0 unspecified atom stereocenters. The van der Waals surface area contributed by atoms with Gasteiger partial charge in [-0.15, -0.1) is 0 Å². The fraction of sp³-hybridized carbons (Fsp3) is 0.0952. The molecule has 0 atom stereocenters. The average molecular weight is 345 g/mol. The van der Waals surface area contributed by atoms with Crippen LogP contribution >= 0.6 is 0 Å². The molecule has 26 heavy (non-hydrogen) atoms. The molecule has 0 bridgehead atoms. The number of benzene rings is 2. The topological polar surface area (TPSA) is 94.9 Å². The first-order valence-corrected chi connectivity index (χ1v) is 8.50. The Morgan fingerprint density at radius 3 is 2.58 bits per heavy atom. The van der Waals surface area contributed by atoms with Crippen LogP contribution < -0.4 is 5.73 Å². The Kier molecular flexibility index (Phi) is 3.77. The number of hydrogen-bond acceptors (Lipinski definition) is 2. The normalized spacial score (nSPS) is 11.1. The monoisotopic (exact) mass is 345 g/mol. The molecule has 0 saturated heterocycles. The van der Waals surface area contributed by atoms with Crippen LogP contribution in [0.15, 0.2) is 54.7 Å². The minimum absolute atomic E-state index is 0.203. The van der Waals surface area contributed by atoms with Crippen LogP contribution in [0.4, 0.5) is 5.69 Å². The van der Waals surface area contributed by atoms with Gasteiger partial charge in [0.1, 0.15) is 5.69 Å². The molecular formula is C21H19N3O2. The van der Waals surface area contributed by atoms with E-state index in [1.54, 1.807) is 12.1 Å². The zero-order valence-corrected chi connectivity index (χ0v) is 14.3. The molecule has 2 aromatic heterocycles. The van der Waals surface area contributed by atoms with Crippen LogP contribution in [0, 0.1) is 0 Å². The summed E-state index contributed by atoms with van der Waals surface area (Å²) in [5, 5.41) is 10.8. The van der Waals surface area contributed by atoms with Crippen molar-refractivity contribution < 1.29 is 9.90 Å². The van der Waals surface area contributed by atoms with E-state index in [0.29, 0.717) is 12.1 Å². The summed E-state index contributed by atoms with van der Waals surface area (Å²) < 4.78 is 0. The van der Waals surface area contributed by atoms with Gasteiger partial charge in [-0.1, -0.05) is 31.2 Å². The van der Waals surface area contributed by atoms with Crippen LogP contribution in [0.25, 0.3) is 33.3 Å². The van der Waals surface area contributed by atoms with Gasteiger partial charge in [-0.3, -0.25) is 0 Å². The molecule has 0 aliphatic heterocycles. The smallest absolute Gasteiger partial charge is 0.352 e. The maximum Gasteiger partial charge on any atom is 0.352 e. The molecular weight excluding hydrogens is 326 g/mol. The molecule has 0 amide bonds. The number of H-pyrrole nitrogens is 2. The van der Waals surface area contributed by atoms with E-state index in [2.05, 4.69) is 9.97 Å². The van der Waals surface area contributed by atoms with E-state index in [-0.39, 0.29) is 5.69 Å². The lowest BCUT2D eigenvalue weighted by molar-refractivity contribution is 0.0692. The maximum atomic E-state index is 11.9. The lowest BCUT2D eigenvalue weighted by Gasteiger charge is -2.08. The molecule has 0 aliphatic rings. The van der Waals surface area contributed by atoms with E-state index in [9.17, 15) is 9.90 Å². The number of nitrogens with two attached hydrogens (primary N) is 1. The third-order valence-electron chi connectivity index (χ3n) is 4.73. The Labute approximate surface area is 150 Å². The lowest BCUT2D eigenvalue weighted by atomic mass is 9.95. The van der Waals surface area contributed by atoms with Crippen molar-refractivity contribution in [3.63, 3.8) is 0 Å². The first-order chi connectivity index (χ1) is 12.6. The predicted octanol–water partition coefficient (Wildman–Crippen LogP) is 4.67. The Hall–Kier alpha value is -3.47. The Balaban J connectivity index is 2.03. The van der Waals surface area contributed by atoms with E-state index in [0.717, 1.165) is 38.9 Å². The average Bonchev–Trinajstić information content (AvgIpc) is 3.26. The second kappa shape index (κ2) is 6.11. The number of aromatic amines is 2. The van der Waals surface area contributed by atoms with Gasteiger partial charge in [0, 0.05) is 33.9 Å². The summed E-state index contributed by atoms with van der Waals surface area (Å²) in [5.74, 6) is -0.973. The van der Waals surface area contributed by atoms with Crippen molar-refractivity contribution in [2.24, 2.45) is 0 Å². The maximum absolute atomic E-state index is 11.9. The van der Waals surface area contributed by atoms with E-state index >= 15 is 0 Å². The highest BCUT2D eigenvalue weighted by Gasteiger charge is 2.23. The number of nitrogens with one attached hydrogen (secondary N) is 2. The molecule has 4 rings (SSSR count). The van der Waals surface area contributed by atoms with E-state index in [1.165, 1.54) is 0 Å². The van der Waals surface area contributed by atoms with E-state index in [4.69, 9.17) is 5.73 Å². The Bertz CT molecular complexity index is 1100. The van der Waals surface area contributed by atoms with Crippen molar-refractivity contribution in [1.82, 2.24) is 9.97 Å². The molecule has 4 aromatic rings. The highest BCUT2D eigenvalue weighted by atomic mass is 16.4. The van der Waals surface area contributed by atoms with Gasteiger partial charge >= 0.3 is 5.97 Å². The lowest BCUT2D eigenvalue weighted by Crippen LogP contribution is -1.99. The van der Waals surface area contributed by atoms with Crippen molar-refractivity contribution in [2.45, 2.75) is 13.3 Å². The molecule has 0 spiro atoms. The van der Waals surface area contributed by atoms with Gasteiger partial charge in [0.2, 0.25) is 0 Å². The van der Waals surface area contributed by atoms with Crippen molar-refractivity contribution in [3.05, 3.63) is 66.0 Å². The van der Waals surface area contributed by atoms with E-state index < -0.39 is 5.97 Å². The SMILES string of the molecule is CCc1c(-c2cccc3[nH]ccc23)[nH]c(C(=O)O)c1-c1ccc(N)cc1.